The van der Waals surface area contributed by atoms with Crippen LogP contribution in [0.5, 0.6) is 5.75 Å². The fourth-order valence-corrected chi connectivity index (χ4v) is 4.86. The first-order valence-corrected chi connectivity index (χ1v) is 11.4. The lowest BCUT2D eigenvalue weighted by Crippen LogP contribution is -2.30. The Labute approximate surface area is 199 Å². The molecule has 2 atom stereocenters. The predicted molar refractivity (Wildman–Crippen MR) is 134 cm³/mol. The SMILES string of the molecule is COc1ccc(-n2c(C)ccc2[C@H]2[C@H](c3ccccn3)NC(=S)N2Cc2ccccc2)cc1. The van der Waals surface area contributed by atoms with Crippen molar-refractivity contribution in [1.29, 1.82) is 0 Å². The standard InChI is InChI=1S/C27H26N4OS/c1-19-11-16-24(31(19)21-12-14-22(32-2)15-13-21)26-25(23-10-6-7-17-28-23)29-27(33)30(26)18-20-8-4-3-5-9-20/h3-17,25-26H,18H2,1-2H3,(H,29,33)/t25-,26-/m0/s1. The fourth-order valence-electron chi connectivity index (χ4n) is 4.55. The molecule has 0 amide bonds. The third-order valence-electron chi connectivity index (χ3n) is 6.13. The van der Waals surface area contributed by atoms with Crippen LogP contribution in [0.2, 0.25) is 0 Å². The van der Waals surface area contributed by atoms with Gasteiger partial charge in [-0.3, -0.25) is 4.98 Å². The van der Waals surface area contributed by atoms with Crippen molar-refractivity contribution >= 4 is 17.3 Å². The Bertz CT molecular complexity index is 1240. The maximum absolute atomic E-state index is 5.85. The third-order valence-corrected chi connectivity index (χ3v) is 6.49. The summed E-state index contributed by atoms with van der Waals surface area (Å²) in [5.41, 5.74) is 5.60. The second-order valence-corrected chi connectivity index (χ2v) is 8.56. The summed E-state index contributed by atoms with van der Waals surface area (Å²) >= 11 is 5.85. The molecule has 2 aromatic heterocycles. The Morgan fingerprint density at radius 3 is 2.39 bits per heavy atom. The quantitative estimate of drug-likeness (QED) is 0.397. The van der Waals surface area contributed by atoms with Crippen LogP contribution in [-0.2, 0) is 6.54 Å². The molecular formula is C27H26N4OS. The predicted octanol–water partition coefficient (Wildman–Crippen LogP) is 5.36. The normalized spacial score (nSPS) is 17.8. The number of hydrogen-bond donors (Lipinski definition) is 1. The summed E-state index contributed by atoms with van der Waals surface area (Å²) in [6.45, 7) is 2.85. The number of aromatic nitrogens is 2. The molecule has 5 nitrogen and oxygen atoms in total. The van der Waals surface area contributed by atoms with Gasteiger partial charge >= 0.3 is 0 Å². The van der Waals surface area contributed by atoms with Gasteiger partial charge in [0.15, 0.2) is 5.11 Å². The van der Waals surface area contributed by atoms with Crippen LogP contribution in [0.25, 0.3) is 5.69 Å². The molecule has 5 rings (SSSR count). The minimum atomic E-state index is -0.0614. The largest absolute Gasteiger partial charge is 0.497 e. The van der Waals surface area contributed by atoms with Crippen molar-refractivity contribution in [1.82, 2.24) is 19.8 Å². The van der Waals surface area contributed by atoms with Crippen LogP contribution in [-0.4, -0.2) is 26.7 Å². The van der Waals surface area contributed by atoms with Gasteiger partial charge in [0.25, 0.3) is 0 Å². The zero-order valence-electron chi connectivity index (χ0n) is 18.7. The van der Waals surface area contributed by atoms with E-state index in [1.807, 2.05) is 36.5 Å². The molecule has 0 unspecified atom stereocenters. The number of methoxy groups -OCH3 is 1. The van der Waals surface area contributed by atoms with E-state index < -0.39 is 0 Å². The zero-order chi connectivity index (χ0) is 22.8. The second-order valence-electron chi connectivity index (χ2n) is 8.17. The Morgan fingerprint density at radius 1 is 0.939 bits per heavy atom. The van der Waals surface area contributed by atoms with Crippen molar-refractivity contribution in [2.24, 2.45) is 0 Å². The summed E-state index contributed by atoms with van der Waals surface area (Å²) in [6.07, 6.45) is 1.84. The molecule has 6 heteroatoms. The fraction of sp³-hybridized carbons (Fsp3) is 0.185. The highest BCUT2D eigenvalue weighted by molar-refractivity contribution is 7.80. The monoisotopic (exact) mass is 454 g/mol. The minimum Gasteiger partial charge on any atom is -0.497 e. The van der Waals surface area contributed by atoms with Crippen LogP contribution in [0, 0.1) is 6.92 Å². The van der Waals surface area contributed by atoms with Crippen molar-refractivity contribution in [2.45, 2.75) is 25.6 Å². The number of aryl methyl sites for hydroxylation is 1. The van der Waals surface area contributed by atoms with Gasteiger partial charge < -0.3 is 19.5 Å². The highest BCUT2D eigenvalue weighted by Crippen LogP contribution is 2.41. The van der Waals surface area contributed by atoms with Gasteiger partial charge in [0.1, 0.15) is 5.75 Å². The molecule has 0 saturated carbocycles. The Kier molecular flexibility index (Phi) is 5.84. The van der Waals surface area contributed by atoms with Gasteiger partial charge in [-0.1, -0.05) is 36.4 Å². The molecule has 166 valence electrons. The van der Waals surface area contributed by atoms with E-state index >= 15 is 0 Å². The maximum atomic E-state index is 5.85. The highest BCUT2D eigenvalue weighted by atomic mass is 32.1. The van der Waals surface area contributed by atoms with E-state index in [9.17, 15) is 0 Å². The van der Waals surface area contributed by atoms with E-state index in [1.54, 1.807) is 7.11 Å². The van der Waals surface area contributed by atoms with Crippen LogP contribution in [0.1, 0.15) is 34.7 Å². The second kappa shape index (κ2) is 9.08. The van der Waals surface area contributed by atoms with Crippen LogP contribution in [0.3, 0.4) is 0 Å². The Balaban J connectivity index is 1.62. The first-order chi connectivity index (χ1) is 16.2. The van der Waals surface area contributed by atoms with E-state index in [-0.39, 0.29) is 12.1 Å². The molecule has 4 aromatic rings. The Hall–Kier alpha value is -3.64. The number of benzene rings is 2. The average Bonchev–Trinajstić information content (AvgIpc) is 3.39. The lowest BCUT2D eigenvalue weighted by molar-refractivity contribution is 0.302. The average molecular weight is 455 g/mol. The van der Waals surface area contributed by atoms with Gasteiger partial charge in [-0.15, -0.1) is 0 Å². The van der Waals surface area contributed by atoms with Gasteiger partial charge in [0, 0.05) is 29.8 Å². The molecule has 3 heterocycles. The highest BCUT2D eigenvalue weighted by Gasteiger charge is 2.41. The summed E-state index contributed by atoms with van der Waals surface area (Å²) in [6, 6.07) is 28.9. The maximum Gasteiger partial charge on any atom is 0.170 e. The van der Waals surface area contributed by atoms with Gasteiger partial charge in [-0.05, 0) is 73.2 Å². The lowest BCUT2D eigenvalue weighted by Gasteiger charge is -2.29. The van der Waals surface area contributed by atoms with Gasteiger partial charge in [-0.25, -0.2) is 0 Å². The van der Waals surface area contributed by atoms with E-state index in [1.165, 1.54) is 5.56 Å². The van der Waals surface area contributed by atoms with Crippen molar-refractivity contribution in [3.8, 4) is 11.4 Å². The number of nitrogens with one attached hydrogen (secondary N) is 1. The topological polar surface area (TPSA) is 42.3 Å². The van der Waals surface area contributed by atoms with Crippen LogP contribution in [0.15, 0.2) is 91.1 Å². The summed E-state index contributed by atoms with van der Waals surface area (Å²) < 4.78 is 7.67. The van der Waals surface area contributed by atoms with Gasteiger partial charge in [-0.2, -0.15) is 0 Å². The Morgan fingerprint density at radius 2 is 1.70 bits per heavy atom. The lowest BCUT2D eigenvalue weighted by atomic mass is 10.0. The zero-order valence-corrected chi connectivity index (χ0v) is 19.5. The summed E-state index contributed by atoms with van der Waals surface area (Å²) in [5, 5.41) is 4.29. The van der Waals surface area contributed by atoms with Crippen LogP contribution >= 0.6 is 12.2 Å². The molecule has 0 aliphatic carbocycles. The van der Waals surface area contributed by atoms with Crippen molar-refractivity contribution in [2.75, 3.05) is 7.11 Å². The minimum absolute atomic E-state index is 0.0246. The molecule has 2 aromatic carbocycles. The molecule has 0 spiro atoms. The molecule has 1 aliphatic heterocycles. The number of rotatable bonds is 6. The smallest absolute Gasteiger partial charge is 0.170 e. The third kappa shape index (κ3) is 4.10. The number of ether oxygens (including phenoxy) is 1. The van der Waals surface area contributed by atoms with Crippen LogP contribution < -0.4 is 10.1 Å². The number of nitrogens with zero attached hydrogens (tertiary/aromatic N) is 3. The molecule has 1 saturated heterocycles. The van der Waals surface area contributed by atoms with E-state index in [4.69, 9.17) is 17.0 Å². The molecule has 0 bridgehead atoms. The van der Waals surface area contributed by atoms with Crippen molar-refractivity contribution in [3.05, 3.63) is 114 Å². The van der Waals surface area contributed by atoms with E-state index in [2.05, 4.69) is 81.3 Å². The molecule has 1 N–H and O–H groups in total. The number of pyridine rings is 1. The molecule has 1 fully saturated rings. The van der Waals surface area contributed by atoms with Crippen LogP contribution in [0.4, 0.5) is 0 Å². The number of hydrogen-bond acceptors (Lipinski definition) is 3. The molecular weight excluding hydrogens is 428 g/mol. The van der Waals surface area contributed by atoms with Crippen molar-refractivity contribution < 1.29 is 4.74 Å². The van der Waals surface area contributed by atoms with Gasteiger partial charge in [0.05, 0.1) is 24.9 Å². The summed E-state index contributed by atoms with van der Waals surface area (Å²) in [7, 11) is 1.69. The van der Waals surface area contributed by atoms with E-state index in [0.717, 1.165) is 33.6 Å². The van der Waals surface area contributed by atoms with Crippen molar-refractivity contribution in [3.63, 3.8) is 0 Å². The van der Waals surface area contributed by atoms with E-state index in [0.29, 0.717) is 6.54 Å². The first-order valence-electron chi connectivity index (χ1n) is 11.0. The molecule has 0 radical (unpaired) electrons. The first kappa shape index (κ1) is 21.2. The summed E-state index contributed by atoms with van der Waals surface area (Å²) in [4.78, 5) is 6.95. The summed E-state index contributed by atoms with van der Waals surface area (Å²) in [5.74, 6) is 0.839. The molecule has 33 heavy (non-hydrogen) atoms. The molecule has 1 aliphatic rings. The number of thiocarbonyl (C=S) groups is 1. The van der Waals surface area contributed by atoms with Gasteiger partial charge in [0.2, 0.25) is 0 Å².